The van der Waals surface area contributed by atoms with Crippen molar-refractivity contribution in [3.8, 4) is 0 Å². The Bertz CT molecular complexity index is 623. The molecule has 1 atom stereocenters. The molecule has 0 aliphatic carbocycles. The highest BCUT2D eigenvalue weighted by atomic mass is 35.5. The van der Waals surface area contributed by atoms with Gasteiger partial charge in [-0.05, 0) is 35.2 Å². The SMILES string of the molecule is O=C(O)c1ccccc1CC(C(=O)Cl)c1ccccc1. The van der Waals surface area contributed by atoms with Gasteiger partial charge in [-0.25, -0.2) is 4.79 Å². The van der Waals surface area contributed by atoms with Crippen LogP contribution < -0.4 is 0 Å². The van der Waals surface area contributed by atoms with Crippen molar-refractivity contribution in [1.82, 2.24) is 0 Å². The van der Waals surface area contributed by atoms with E-state index in [9.17, 15) is 9.59 Å². The number of carbonyl (C=O) groups is 2. The van der Waals surface area contributed by atoms with E-state index in [4.69, 9.17) is 16.7 Å². The van der Waals surface area contributed by atoms with Crippen LogP contribution in [-0.4, -0.2) is 16.3 Å². The number of benzene rings is 2. The van der Waals surface area contributed by atoms with Gasteiger partial charge in [-0.3, -0.25) is 4.79 Å². The van der Waals surface area contributed by atoms with Crippen LogP contribution in [0.1, 0.15) is 27.4 Å². The zero-order valence-electron chi connectivity index (χ0n) is 10.6. The van der Waals surface area contributed by atoms with Crippen molar-refractivity contribution in [3.05, 3.63) is 71.3 Å². The summed E-state index contributed by atoms with van der Waals surface area (Å²) in [6.45, 7) is 0. The number of aromatic carboxylic acids is 1. The Morgan fingerprint density at radius 2 is 1.60 bits per heavy atom. The van der Waals surface area contributed by atoms with E-state index in [0.29, 0.717) is 5.56 Å². The van der Waals surface area contributed by atoms with Crippen LogP contribution in [0.4, 0.5) is 0 Å². The highest BCUT2D eigenvalue weighted by Gasteiger charge is 2.21. The number of halogens is 1. The summed E-state index contributed by atoms with van der Waals surface area (Å²) in [5, 5.41) is 8.68. The molecule has 2 rings (SSSR count). The number of carboxylic acids is 1. The van der Waals surface area contributed by atoms with Crippen molar-refractivity contribution in [1.29, 1.82) is 0 Å². The van der Waals surface area contributed by atoms with Gasteiger partial charge >= 0.3 is 5.97 Å². The normalized spacial score (nSPS) is 11.8. The third kappa shape index (κ3) is 3.25. The highest BCUT2D eigenvalue weighted by Crippen LogP contribution is 2.25. The first-order valence-electron chi connectivity index (χ1n) is 6.15. The maximum absolute atomic E-state index is 11.6. The van der Waals surface area contributed by atoms with E-state index in [-0.39, 0.29) is 12.0 Å². The van der Waals surface area contributed by atoms with Gasteiger partial charge in [0, 0.05) is 0 Å². The molecule has 0 aliphatic rings. The molecule has 0 heterocycles. The van der Waals surface area contributed by atoms with Crippen molar-refractivity contribution in [2.45, 2.75) is 12.3 Å². The Labute approximate surface area is 121 Å². The molecule has 2 aromatic carbocycles. The number of hydrogen-bond acceptors (Lipinski definition) is 2. The van der Waals surface area contributed by atoms with Gasteiger partial charge in [0.1, 0.15) is 0 Å². The molecule has 3 nitrogen and oxygen atoms in total. The third-order valence-electron chi connectivity index (χ3n) is 3.15. The van der Waals surface area contributed by atoms with Crippen LogP contribution in [0, 0.1) is 0 Å². The van der Waals surface area contributed by atoms with Gasteiger partial charge in [-0.15, -0.1) is 0 Å². The van der Waals surface area contributed by atoms with Crippen molar-refractivity contribution < 1.29 is 14.7 Å². The Balaban J connectivity index is 2.35. The maximum atomic E-state index is 11.6. The lowest BCUT2D eigenvalue weighted by molar-refractivity contribution is -0.113. The van der Waals surface area contributed by atoms with Gasteiger partial charge in [-0.2, -0.15) is 0 Å². The van der Waals surface area contributed by atoms with E-state index in [2.05, 4.69) is 0 Å². The van der Waals surface area contributed by atoms with Gasteiger partial charge in [-0.1, -0.05) is 48.5 Å². The second-order valence-electron chi connectivity index (χ2n) is 4.43. The molecule has 4 heteroatoms. The monoisotopic (exact) mass is 288 g/mol. The van der Waals surface area contributed by atoms with E-state index in [1.165, 1.54) is 6.07 Å². The molecule has 0 saturated heterocycles. The first kappa shape index (κ1) is 14.3. The standard InChI is InChI=1S/C16H13ClO3/c17-15(18)14(11-6-2-1-3-7-11)10-12-8-4-5-9-13(12)16(19)20/h1-9,14H,10H2,(H,19,20). The van der Waals surface area contributed by atoms with Gasteiger partial charge in [0.25, 0.3) is 0 Å². The average Bonchev–Trinajstić information content (AvgIpc) is 2.45. The fourth-order valence-electron chi connectivity index (χ4n) is 2.14. The molecule has 20 heavy (non-hydrogen) atoms. The minimum atomic E-state index is -1.01. The third-order valence-corrected chi connectivity index (χ3v) is 3.41. The van der Waals surface area contributed by atoms with Crippen LogP contribution in [-0.2, 0) is 11.2 Å². The van der Waals surface area contributed by atoms with Crippen LogP contribution >= 0.6 is 11.6 Å². The minimum Gasteiger partial charge on any atom is -0.478 e. The van der Waals surface area contributed by atoms with E-state index < -0.39 is 17.1 Å². The highest BCUT2D eigenvalue weighted by molar-refractivity contribution is 6.64. The maximum Gasteiger partial charge on any atom is 0.335 e. The molecule has 0 aliphatic heterocycles. The summed E-state index contributed by atoms with van der Waals surface area (Å²) < 4.78 is 0. The molecule has 0 fully saturated rings. The van der Waals surface area contributed by atoms with Gasteiger partial charge < -0.3 is 5.11 Å². The molecule has 0 radical (unpaired) electrons. The topological polar surface area (TPSA) is 54.4 Å². The molecule has 0 saturated carbocycles. The molecule has 0 amide bonds. The fourth-order valence-corrected chi connectivity index (χ4v) is 2.34. The fraction of sp³-hybridized carbons (Fsp3) is 0.125. The van der Waals surface area contributed by atoms with Crippen molar-refractivity contribution in [2.24, 2.45) is 0 Å². The Kier molecular flexibility index (Phi) is 4.53. The summed E-state index contributed by atoms with van der Waals surface area (Å²) in [5.41, 5.74) is 1.59. The van der Waals surface area contributed by atoms with Crippen molar-refractivity contribution >= 4 is 22.8 Å². The first-order chi connectivity index (χ1) is 9.59. The molecule has 102 valence electrons. The first-order valence-corrected chi connectivity index (χ1v) is 6.53. The molecular formula is C16H13ClO3. The van der Waals surface area contributed by atoms with Crippen LogP contribution in [0.15, 0.2) is 54.6 Å². The minimum absolute atomic E-state index is 0.200. The second kappa shape index (κ2) is 6.35. The summed E-state index contributed by atoms with van der Waals surface area (Å²) in [6.07, 6.45) is 0.273. The predicted molar refractivity (Wildman–Crippen MR) is 77.1 cm³/mol. The lowest BCUT2D eigenvalue weighted by Gasteiger charge is -2.14. The quantitative estimate of drug-likeness (QED) is 0.857. The molecule has 0 spiro atoms. The molecular weight excluding hydrogens is 276 g/mol. The molecule has 1 N–H and O–H groups in total. The van der Waals surface area contributed by atoms with Crippen molar-refractivity contribution in [3.63, 3.8) is 0 Å². The largest absolute Gasteiger partial charge is 0.478 e. The number of carbonyl (C=O) groups excluding carboxylic acids is 1. The van der Waals surface area contributed by atoms with Gasteiger partial charge in [0.15, 0.2) is 0 Å². The Morgan fingerprint density at radius 3 is 2.20 bits per heavy atom. The van der Waals surface area contributed by atoms with Gasteiger partial charge in [0.05, 0.1) is 11.5 Å². The van der Waals surface area contributed by atoms with E-state index in [1.807, 2.05) is 30.3 Å². The van der Waals surface area contributed by atoms with Crippen LogP contribution in [0.3, 0.4) is 0 Å². The van der Waals surface area contributed by atoms with Crippen LogP contribution in [0.5, 0.6) is 0 Å². The van der Waals surface area contributed by atoms with E-state index >= 15 is 0 Å². The zero-order valence-corrected chi connectivity index (χ0v) is 11.4. The lowest BCUT2D eigenvalue weighted by Crippen LogP contribution is -2.13. The molecule has 2 aromatic rings. The predicted octanol–water partition coefficient (Wildman–Crippen LogP) is 3.48. The second-order valence-corrected chi connectivity index (χ2v) is 4.81. The average molecular weight is 289 g/mol. The summed E-state index contributed by atoms with van der Waals surface area (Å²) >= 11 is 5.67. The molecule has 0 bridgehead atoms. The van der Waals surface area contributed by atoms with Crippen LogP contribution in [0.2, 0.25) is 0 Å². The Morgan fingerprint density at radius 1 is 1.00 bits per heavy atom. The summed E-state index contributed by atoms with van der Waals surface area (Å²) in [7, 11) is 0. The smallest absolute Gasteiger partial charge is 0.335 e. The Hall–Kier alpha value is -2.13. The lowest BCUT2D eigenvalue weighted by atomic mass is 9.91. The number of hydrogen-bond donors (Lipinski definition) is 1. The molecule has 0 aromatic heterocycles. The van der Waals surface area contributed by atoms with E-state index in [1.54, 1.807) is 18.2 Å². The summed E-state index contributed by atoms with van der Waals surface area (Å²) in [6, 6.07) is 15.8. The summed E-state index contributed by atoms with van der Waals surface area (Å²) in [4.78, 5) is 22.8. The number of rotatable bonds is 5. The van der Waals surface area contributed by atoms with E-state index in [0.717, 1.165) is 5.56 Å². The zero-order chi connectivity index (χ0) is 14.5. The molecule has 1 unspecified atom stereocenters. The number of carboxylic acid groups (broad SMARTS) is 1. The summed E-state index contributed by atoms with van der Waals surface area (Å²) in [5.74, 6) is -1.55. The van der Waals surface area contributed by atoms with Crippen LogP contribution in [0.25, 0.3) is 0 Å². The van der Waals surface area contributed by atoms with Gasteiger partial charge in [0.2, 0.25) is 5.24 Å². The van der Waals surface area contributed by atoms with Crippen molar-refractivity contribution in [2.75, 3.05) is 0 Å².